The molecule has 104 valence electrons. The van der Waals surface area contributed by atoms with Crippen molar-refractivity contribution in [3.05, 3.63) is 38.7 Å². The standard InChI is InChI=1S/C10H8ClN5O4/c1-4-14-15-10(20-4)13-9(17)6-2-5(16(18)19)3-7(11)8(6)12/h2-3H,12H2,1H3,(H,13,15,17). The van der Waals surface area contributed by atoms with Crippen molar-refractivity contribution in [2.24, 2.45) is 0 Å². The molecular formula is C10H8ClN5O4. The molecule has 0 aliphatic rings. The summed E-state index contributed by atoms with van der Waals surface area (Å²) in [7, 11) is 0. The molecule has 1 heterocycles. The van der Waals surface area contributed by atoms with Crippen molar-refractivity contribution >= 4 is 34.9 Å². The molecule has 1 aromatic carbocycles. The fraction of sp³-hybridized carbons (Fsp3) is 0.100. The van der Waals surface area contributed by atoms with Crippen LogP contribution in [0.2, 0.25) is 5.02 Å². The maximum Gasteiger partial charge on any atom is 0.322 e. The maximum atomic E-state index is 12.0. The fourth-order valence-corrected chi connectivity index (χ4v) is 1.62. The van der Waals surface area contributed by atoms with Gasteiger partial charge in [-0.2, -0.15) is 0 Å². The molecule has 0 aliphatic heterocycles. The first-order valence-electron chi connectivity index (χ1n) is 5.23. The minimum absolute atomic E-state index is 0.0778. The van der Waals surface area contributed by atoms with Gasteiger partial charge in [0.1, 0.15) is 0 Å². The zero-order valence-corrected chi connectivity index (χ0v) is 10.8. The van der Waals surface area contributed by atoms with E-state index in [9.17, 15) is 14.9 Å². The Morgan fingerprint density at radius 1 is 1.50 bits per heavy atom. The normalized spacial score (nSPS) is 10.3. The van der Waals surface area contributed by atoms with E-state index in [1.165, 1.54) is 0 Å². The Kier molecular flexibility index (Phi) is 3.53. The highest BCUT2D eigenvalue weighted by molar-refractivity contribution is 6.34. The van der Waals surface area contributed by atoms with Crippen LogP contribution in [-0.2, 0) is 0 Å². The third kappa shape index (κ3) is 2.67. The van der Waals surface area contributed by atoms with Crippen LogP contribution >= 0.6 is 11.6 Å². The predicted molar refractivity (Wildman–Crippen MR) is 69.5 cm³/mol. The van der Waals surface area contributed by atoms with Crippen LogP contribution in [0.1, 0.15) is 16.2 Å². The first kappa shape index (κ1) is 13.7. The van der Waals surface area contributed by atoms with E-state index in [1.54, 1.807) is 6.92 Å². The number of carbonyl (C=O) groups excluding carboxylic acids is 1. The van der Waals surface area contributed by atoms with Crippen LogP contribution in [0.3, 0.4) is 0 Å². The molecule has 0 bridgehead atoms. The van der Waals surface area contributed by atoms with E-state index in [-0.39, 0.29) is 33.9 Å². The minimum Gasteiger partial charge on any atom is -0.408 e. The van der Waals surface area contributed by atoms with Gasteiger partial charge in [-0.25, -0.2) is 0 Å². The summed E-state index contributed by atoms with van der Waals surface area (Å²) < 4.78 is 4.96. The van der Waals surface area contributed by atoms with Crippen molar-refractivity contribution < 1.29 is 14.1 Å². The van der Waals surface area contributed by atoms with Crippen LogP contribution in [-0.4, -0.2) is 21.0 Å². The highest BCUT2D eigenvalue weighted by Crippen LogP contribution is 2.29. The Morgan fingerprint density at radius 2 is 2.20 bits per heavy atom. The molecule has 0 radical (unpaired) electrons. The number of benzene rings is 1. The van der Waals surface area contributed by atoms with Crippen LogP contribution in [0.5, 0.6) is 0 Å². The summed E-state index contributed by atoms with van der Waals surface area (Å²) in [4.78, 5) is 22.0. The van der Waals surface area contributed by atoms with Crippen molar-refractivity contribution in [3.8, 4) is 0 Å². The van der Waals surface area contributed by atoms with Crippen LogP contribution in [0, 0.1) is 17.0 Å². The molecule has 20 heavy (non-hydrogen) atoms. The number of hydrogen-bond donors (Lipinski definition) is 2. The monoisotopic (exact) mass is 297 g/mol. The fourth-order valence-electron chi connectivity index (χ4n) is 1.41. The van der Waals surface area contributed by atoms with Crippen LogP contribution in [0.15, 0.2) is 16.5 Å². The van der Waals surface area contributed by atoms with Crippen molar-refractivity contribution in [2.45, 2.75) is 6.92 Å². The molecule has 10 heteroatoms. The number of anilines is 2. The number of nitrogens with one attached hydrogen (secondary N) is 1. The van der Waals surface area contributed by atoms with Gasteiger partial charge in [-0.1, -0.05) is 16.7 Å². The van der Waals surface area contributed by atoms with Gasteiger partial charge in [0, 0.05) is 19.1 Å². The molecule has 0 unspecified atom stereocenters. The third-order valence-electron chi connectivity index (χ3n) is 2.32. The van der Waals surface area contributed by atoms with Gasteiger partial charge in [0.15, 0.2) is 0 Å². The molecule has 0 spiro atoms. The smallest absolute Gasteiger partial charge is 0.322 e. The molecule has 0 atom stereocenters. The maximum absolute atomic E-state index is 12.0. The Balaban J connectivity index is 2.36. The number of nitrogen functional groups attached to an aromatic ring is 1. The van der Waals surface area contributed by atoms with E-state index in [0.29, 0.717) is 0 Å². The lowest BCUT2D eigenvalue weighted by molar-refractivity contribution is -0.384. The van der Waals surface area contributed by atoms with E-state index in [2.05, 4.69) is 15.5 Å². The SMILES string of the molecule is Cc1nnc(NC(=O)c2cc([N+](=O)[O-])cc(Cl)c2N)o1. The Labute approximate surface area is 116 Å². The third-order valence-corrected chi connectivity index (χ3v) is 2.63. The van der Waals surface area contributed by atoms with Crippen LogP contribution < -0.4 is 11.1 Å². The number of nitrogens with zero attached hydrogens (tertiary/aromatic N) is 3. The summed E-state index contributed by atoms with van der Waals surface area (Å²) in [5.41, 5.74) is 5.05. The minimum atomic E-state index is -0.739. The highest BCUT2D eigenvalue weighted by Gasteiger charge is 2.20. The quantitative estimate of drug-likeness (QED) is 0.500. The van der Waals surface area contributed by atoms with Crippen molar-refractivity contribution in [2.75, 3.05) is 11.1 Å². The number of rotatable bonds is 3. The first-order valence-corrected chi connectivity index (χ1v) is 5.61. The first-order chi connectivity index (χ1) is 9.38. The second-order valence-corrected chi connectivity index (χ2v) is 4.13. The number of nitro benzene ring substituents is 1. The van der Waals surface area contributed by atoms with Crippen molar-refractivity contribution in [3.63, 3.8) is 0 Å². The van der Waals surface area contributed by atoms with Gasteiger partial charge in [0.25, 0.3) is 11.6 Å². The van der Waals surface area contributed by atoms with Gasteiger partial charge in [0.2, 0.25) is 5.89 Å². The lowest BCUT2D eigenvalue weighted by atomic mass is 10.1. The average molecular weight is 298 g/mol. The number of hydrogen-bond acceptors (Lipinski definition) is 7. The lowest BCUT2D eigenvalue weighted by Crippen LogP contribution is -2.15. The largest absolute Gasteiger partial charge is 0.408 e. The average Bonchev–Trinajstić information content (AvgIpc) is 2.77. The molecule has 2 aromatic rings. The molecule has 0 fully saturated rings. The molecule has 3 N–H and O–H groups in total. The highest BCUT2D eigenvalue weighted by atomic mass is 35.5. The van der Waals surface area contributed by atoms with Gasteiger partial charge < -0.3 is 10.2 Å². The molecule has 1 amide bonds. The summed E-state index contributed by atoms with van der Waals surface area (Å²) >= 11 is 5.75. The van der Waals surface area contributed by atoms with Crippen molar-refractivity contribution in [1.82, 2.24) is 10.2 Å². The topological polar surface area (TPSA) is 137 Å². The summed E-state index contributed by atoms with van der Waals surface area (Å²) in [5.74, 6) is -0.484. The van der Waals surface area contributed by atoms with Gasteiger partial charge in [0.05, 0.1) is 21.2 Å². The number of nitro groups is 1. The number of non-ortho nitro benzene ring substituents is 1. The lowest BCUT2D eigenvalue weighted by Gasteiger charge is -2.06. The van der Waals surface area contributed by atoms with Gasteiger partial charge in [-0.3, -0.25) is 20.2 Å². The Morgan fingerprint density at radius 3 is 2.75 bits per heavy atom. The molecule has 0 saturated heterocycles. The zero-order chi connectivity index (χ0) is 14.9. The van der Waals surface area contributed by atoms with E-state index < -0.39 is 10.8 Å². The Bertz CT molecular complexity index is 699. The summed E-state index contributed by atoms with van der Waals surface area (Å²) in [6.07, 6.45) is 0. The molecule has 1 aromatic heterocycles. The van der Waals surface area contributed by atoms with Gasteiger partial charge in [-0.05, 0) is 0 Å². The summed E-state index contributed by atoms with van der Waals surface area (Å²) in [6, 6.07) is 1.93. The number of halogens is 1. The van der Waals surface area contributed by atoms with E-state index in [4.69, 9.17) is 21.8 Å². The molecule has 9 nitrogen and oxygen atoms in total. The number of aryl methyl sites for hydroxylation is 1. The number of carbonyl (C=O) groups is 1. The summed E-state index contributed by atoms with van der Waals surface area (Å²) in [5, 5.41) is 20.0. The van der Waals surface area contributed by atoms with E-state index >= 15 is 0 Å². The molecular weight excluding hydrogens is 290 g/mol. The molecule has 0 aliphatic carbocycles. The zero-order valence-electron chi connectivity index (χ0n) is 10.1. The van der Waals surface area contributed by atoms with E-state index in [0.717, 1.165) is 12.1 Å². The van der Waals surface area contributed by atoms with Crippen LogP contribution in [0.4, 0.5) is 17.4 Å². The number of aromatic nitrogens is 2. The molecule has 2 rings (SSSR count). The molecule has 0 saturated carbocycles. The predicted octanol–water partition coefficient (Wildman–Crippen LogP) is 1.77. The summed E-state index contributed by atoms with van der Waals surface area (Å²) in [6.45, 7) is 1.54. The number of amides is 1. The van der Waals surface area contributed by atoms with E-state index in [1.807, 2.05) is 0 Å². The number of nitrogens with two attached hydrogens (primary N) is 1. The van der Waals surface area contributed by atoms with Crippen LogP contribution in [0.25, 0.3) is 0 Å². The second-order valence-electron chi connectivity index (χ2n) is 3.73. The Hall–Kier alpha value is -2.68. The van der Waals surface area contributed by atoms with Gasteiger partial charge in [-0.15, -0.1) is 5.10 Å². The van der Waals surface area contributed by atoms with Gasteiger partial charge >= 0.3 is 6.01 Å². The van der Waals surface area contributed by atoms with Crippen molar-refractivity contribution in [1.29, 1.82) is 0 Å². The second kappa shape index (κ2) is 5.13.